The molecule has 2 aromatic rings. The molecule has 2 aromatic carbocycles. The van der Waals surface area contributed by atoms with E-state index in [1.165, 1.54) is 11.1 Å². The maximum absolute atomic E-state index is 11.4. The molecule has 0 saturated heterocycles. The Kier molecular flexibility index (Phi) is 5.02. The molecule has 0 fully saturated rings. The maximum atomic E-state index is 11.4. The molecule has 1 heterocycles. The normalized spacial score (nSPS) is 22.5. The third-order valence-electron chi connectivity index (χ3n) is 5.12. The monoisotopic (exact) mass is 392 g/mol. The van der Waals surface area contributed by atoms with Crippen LogP contribution in [-0.2, 0) is 4.79 Å². The molecule has 0 radical (unpaired) electrons. The van der Waals surface area contributed by atoms with Crippen LogP contribution < -0.4 is 5.32 Å². The first-order chi connectivity index (χ1) is 13.4. The van der Waals surface area contributed by atoms with Crippen LogP contribution in [0.25, 0.3) is 11.1 Å². The van der Waals surface area contributed by atoms with Crippen LogP contribution in [-0.4, -0.2) is 28.6 Å². The van der Waals surface area contributed by atoms with E-state index < -0.39 is 12.0 Å². The van der Waals surface area contributed by atoms with Gasteiger partial charge in [-0.3, -0.25) is 4.99 Å². The zero-order valence-corrected chi connectivity index (χ0v) is 16.9. The molecular weight excluding hydrogens is 368 g/mol. The fourth-order valence-corrected chi connectivity index (χ4v) is 4.92. The molecule has 0 amide bonds. The van der Waals surface area contributed by atoms with E-state index in [1.54, 1.807) is 11.8 Å². The predicted molar refractivity (Wildman–Crippen MR) is 116 cm³/mol. The number of aliphatic carboxylic acids is 1. The van der Waals surface area contributed by atoms with Gasteiger partial charge in [-0.15, -0.1) is 11.8 Å². The molecule has 1 aliphatic carbocycles. The quantitative estimate of drug-likeness (QED) is 0.749. The van der Waals surface area contributed by atoms with Gasteiger partial charge in [0.25, 0.3) is 0 Å². The number of carboxylic acids is 1. The summed E-state index contributed by atoms with van der Waals surface area (Å²) in [6.07, 6.45) is 1.74. The number of allylic oxidation sites excluding steroid dienone is 2. The van der Waals surface area contributed by atoms with E-state index in [2.05, 4.69) is 55.6 Å². The lowest BCUT2D eigenvalue weighted by Crippen LogP contribution is -2.44. The van der Waals surface area contributed by atoms with Gasteiger partial charge in [-0.05, 0) is 41.5 Å². The van der Waals surface area contributed by atoms with E-state index in [0.717, 1.165) is 34.8 Å². The molecular formula is C23H24N2O2S. The van der Waals surface area contributed by atoms with Gasteiger partial charge in [0.1, 0.15) is 6.04 Å². The second-order valence-corrected chi connectivity index (χ2v) is 9.17. The van der Waals surface area contributed by atoms with Gasteiger partial charge in [-0.2, -0.15) is 0 Å². The Morgan fingerprint density at radius 1 is 1.07 bits per heavy atom. The van der Waals surface area contributed by atoms with E-state index >= 15 is 0 Å². The molecule has 0 saturated carbocycles. The second kappa shape index (κ2) is 7.47. The van der Waals surface area contributed by atoms with Crippen molar-refractivity contribution in [3.05, 3.63) is 65.2 Å². The molecule has 1 unspecified atom stereocenters. The van der Waals surface area contributed by atoms with Crippen LogP contribution in [0.5, 0.6) is 0 Å². The lowest BCUT2D eigenvalue weighted by Gasteiger charge is -2.38. The number of hydrogen-bond donors (Lipinski definition) is 2. The van der Waals surface area contributed by atoms with Crippen molar-refractivity contribution in [2.45, 2.75) is 32.7 Å². The molecule has 0 aromatic heterocycles. The fourth-order valence-electron chi connectivity index (χ4n) is 3.77. The average molecular weight is 393 g/mol. The van der Waals surface area contributed by atoms with Crippen LogP contribution in [0, 0.1) is 5.41 Å². The topological polar surface area (TPSA) is 61.7 Å². The molecule has 5 heteroatoms. The van der Waals surface area contributed by atoms with Gasteiger partial charge in [0.05, 0.1) is 11.4 Å². The Labute approximate surface area is 169 Å². The zero-order chi connectivity index (χ0) is 19.7. The molecule has 2 N–H and O–H groups in total. The summed E-state index contributed by atoms with van der Waals surface area (Å²) in [5.74, 6) is -0.266. The molecule has 0 spiro atoms. The summed E-state index contributed by atoms with van der Waals surface area (Å²) in [7, 11) is 0. The van der Waals surface area contributed by atoms with Crippen molar-refractivity contribution >= 4 is 29.1 Å². The molecule has 28 heavy (non-hydrogen) atoms. The van der Waals surface area contributed by atoms with Crippen LogP contribution in [0.2, 0.25) is 0 Å². The smallest absolute Gasteiger partial charge is 0.326 e. The first-order valence-electron chi connectivity index (χ1n) is 9.50. The summed E-state index contributed by atoms with van der Waals surface area (Å²) >= 11 is 1.62. The average Bonchev–Trinajstić information content (AvgIpc) is 2.68. The van der Waals surface area contributed by atoms with Crippen LogP contribution >= 0.6 is 11.8 Å². The van der Waals surface area contributed by atoms with Crippen LogP contribution in [0.15, 0.2) is 70.2 Å². The highest BCUT2D eigenvalue weighted by Gasteiger charge is 2.36. The first kappa shape index (κ1) is 18.8. The van der Waals surface area contributed by atoms with Crippen molar-refractivity contribution in [1.29, 1.82) is 0 Å². The number of carboxylic acid groups (broad SMARTS) is 1. The Hall–Kier alpha value is -2.53. The summed E-state index contributed by atoms with van der Waals surface area (Å²) in [6, 6.07) is 18.1. The Morgan fingerprint density at radius 3 is 2.43 bits per heavy atom. The molecule has 4 nitrogen and oxygen atoms in total. The first-order valence-corrected chi connectivity index (χ1v) is 10.5. The van der Waals surface area contributed by atoms with Crippen LogP contribution in [0.1, 0.15) is 26.7 Å². The molecule has 4 rings (SSSR count). The van der Waals surface area contributed by atoms with Gasteiger partial charge in [-0.25, -0.2) is 4.79 Å². The van der Waals surface area contributed by atoms with Crippen LogP contribution in [0.4, 0.5) is 5.69 Å². The van der Waals surface area contributed by atoms with E-state index in [9.17, 15) is 9.90 Å². The second-order valence-electron chi connectivity index (χ2n) is 8.14. The van der Waals surface area contributed by atoms with Gasteiger partial charge in [-0.1, -0.05) is 56.3 Å². The summed E-state index contributed by atoms with van der Waals surface area (Å²) in [4.78, 5) is 17.5. The summed E-state index contributed by atoms with van der Waals surface area (Å²) in [5.41, 5.74) is 5.43. The van der Waals surface area contributed by atoms with Gasteiger partial charge >= 0.3 is 5.97 Å². The molecule has 1 aliphatic heterocycles. The third-order valence-corrected chi connectivity index (χ3v) is 6.39. The number of hydrogen-bond acceptors (Lipinski definition) is 4. The van der Waals surface area contributed by atoms with Gasteiger partial charge in [0.15, 0.2) is 0 Å². The SMILES string of the molecule is CC1(C)CC2=C(SCC(C(=O)O)N2)/C(=N/c2ccc(-c3ccccc3)cc2)C1. The summed E-state index contributed by atoms with van der Waals surface area (Å²) < 4.78 is 0. The van der Waals surface area contributed by atoms with Gasteiger partial charge in [0.2, 0.25) is 0 Å². The number of nitrogens with zero attached hydrogens (tertiary/aromatic N) is 1. The number of rotatable bonds is 3. The fraction of sp³-hybridized carbons (Fsp3) is 0.304. The van der Waals surface area contributed by atoms with Gasteiger partial charge in [0, 0.05) is 16.4 Å². The molecule has 144 valence electrons. The number of aliphatic imine (C=N–C) groups is 1. The Bertz CT molecular complexity index is 946. The third kappa shape index (κ3) is 3.99. The van der Waals surface area contributed by atoms with E-state index in [4.69, 9.17) is 4.99 Å². The zero-order valence-electron chi connectivity index (χ0n) is 16.1. The van der Waals surface area contributed by atoms with Crippen LogP contribution in [0.3, 0.4) is 0 Å². The van der Waals surface area contributed by atoms with Crippen molar-refractivity contribution in [3.8, 4) is 11.1 Å². The minimum absolute atomic E-state index is 0.0512. The summed E-state index contributed by atoms with van der Waals surface area (Å²) in [5, 5.41) is 12.6. The number of thioether (sulfide) groups is 1. The van der Waals surface area contributed by atoms with Crippen molar-refractivity contribution in [3.63, 3.8) is 0 Å². The Morgan fingerprint density at radius 2 is 1.75 bits per heavy atom. The lowest BCUT2D eigenvalue weighted by molar-refractivity contribution is -0.138. The largest absolute Gasteiger partial charge is 0.480 e. The van der Waals surface area contributed by atoms with E-state index in [0.29, 0.717) is 5.75 Å². The minimum Gasteiger partial charge on any atom is -0.480 e. The summed E-state index contributed by atoms with van der Waals surface area (Å²) in [6.45, 7) is 4.42. The van der Waals surface area contributed by atoms with E-state index in [1.807, 2.05) is 18.2 Å². The number of benzene rings is 2. The number of nitrogens with one attached hydrogen (secondary N) is 1. The predicted octanol–water partition coefficient (Wildman–Crippen LogP) is 5.25. The lowest BCUT2D eigenvalue weighted by atomic mass is 9.78. The molecule has 1 atom stereocenters. The van der Waals surface area contributed by atoms with Crippen molar-refractivity contribution in [1.82, 2.24) is 5.32 Å². The highest BCUT2D eigenvalue weighted by atomic mass is 32.2. The standard InChI is InChI=1S/C23H24N2O2S/c1-23(2)12-18(21-19(13-23)25-20(14-28-21)22(26)27)24-17-10-8-16(9-11-17)15-6-4-3-5-7-15/h3-11,20,25H,12-14H2,1-2H3,(H,26,27)/b24-18+. The molecule has 0 bridgehead atoms. The van der Waals surface area contributed by atoms with Crippen molar-refractivity contribution in [2.24, 2.45) is 10.4 Å². The highest BCUT2D eigenvalue weighted by Crippen LogP contribution is 2.43. The maximum Gasteiger partial charge on any atom is 0.326 e. The minimum atomic E-state index is -0.794. The van der Waals surface area contributed by atoms with E-state index in [-0.39, 0.29) is 5.41 Å². The van der Waals surface area contributed by atoms with Crippen molar-refractivity contribution in [2.75, 3.05) is 5.75 Å². The molecule has 2 aliphatic rings. The highest BCUT2D eigenvalue weighted by molar-refractivity contribution is 8.04. The number of carbonyl (C=O) groups is 1. The van der Waals surface area contributed by atoms with Crippen molar-refractivity contribution < 1.29 is 9.90 Å². The Balaban J connectivity index is 1.64. The van der Waals surface area contributed by atoms with Gasteiger partial charge < -0.3 is 10.4 Å².